The maximum Gasteiger partial charge on any atom is 0.225 e. The molecule has 0 radical (unpaired) electrons. The van der Waals surface area contributed by atoms with E-state index in [1.165, 1.54) is 19.3 Å². The van der Waals surface area contributed by atoms with Crippen molar-refractivity contribution in [3.05, 3.63) is 0 Å². The van der Waals surface area contributed by atoms with E-state index in [4.69, 9.17) is 0 Å². The molecule has 1 saturated heterocycles. The molecule has 1 aliphatic heterocycles. The Labute approximate surface area is 93.2 Å². The molecule has 15 heavy (non-hydrogen) atoms. The van der Waals surface area contributed by atoms with Gasteiger partial charge in [-0.25, -0.2) is 0 Å². The summed E-state index contributed by atoms with van der Waals surface area (Å²) in [5.41, 5.74) is 0. The molecule has 3 heteroatoms. The molecule has 2 atom stereocenters. The van der Waals surface area contributed by atoms with E-state index < -0.39 is 0 Å². The first-order valence-corrected chi connectivity index (χ1v) is 6.13. The predicted molar refractivity (Wildman–Crippen MR) is 62.7 cm³/mol. The Kier molecular flexibility index (Phi) is 5.09. The Morgan fingerprint density at radius 2 is 2.27 bits per heavy atom. The van der Waals surface area contributed by atoms with Gasteiger partial charge in [-0.2, -0.15) is 0 Å². The van der Waals surface area contributed by atoms with Gasteiger partial charge in [0.1, 0.15) is 0 Å². The van der Waals surface area contributed by atoms with E-state index in [1.807, 2.05) is 18.9 Å². The first-order valence-electron chi connectivity index (χ1n) is 6.13. The second kappa shape index (κ2) is 6.11. The third kappa shape index (κ3) is 3.82. The number of likely N-dealkylation sites (N-methyl/N-ethyl adjacent to an activating group) is 1. The summed E-state index contributed by atoms with van der Waals surface area (Å²) >= 11 is 0. The summed E-state index contributed by atoms with van der Waals surface area (Å²) in [6.07, 6.45) is 4.71. The maximum atomic E-state index is 11.8. The minimum absolute atomic E-state index is 0.165. The lowest BCUT2D eigenvalue weighted by Gasteiger charge is -2.29. The second-order valence-corrected chi connectivity index (χ2v) is 4.67. The van der Waals surface area contributed by atoms with Crippen LogP contribution in [0.15, 0.2) is 0 Å². The molecule has 0 aromatic heterocycles. The van der Waals surface area contributed by atoms with Crippen LogP contribution in [0.1, 0.15) is 39.5 Å². The lowest BCUT2D eigenvalue weighted by molar-refractivity contribution is -0.134. The first kappa shape index (κ1) is 12.5. The molecule has 1 amide bonds. The number of hydrogen-bond donors (Lipinski definition) is 1. The molecular weight excluding hydrogens is 188 g/mol. The number of hydrogen-bond acceptors (Lipinski definition) is 2. The van der Waals surface area contributed by atoms with Crippen molar-refractivity contribution in [3.63, 3.8) is 0 Å². The Balaban J connectivity index is 2.33. The summed E-state index contributed by atoms with van der Waals surface area (Å²) in [7, 11) is 1.92. The van der Waals surface area contributed by atoms with Crippen LogP contribution in [0.4, 0.5) is 0 Å². The zero-order valence-electron chi connectivity index (χ0n) is 10.3. The third-order valence-corrected chi connectivity index (χ3v) is 3.32. The standard InChI is InChI=1S/C12H24N2O/c1-4-10(2)12(15)14(3)9-11-7-5-6-8-13-11/h10-11,13H,4-9H2,1-3H3. The average molecular weight is 212 g/mol. The smallest absolute Gasteiger partial charge is 0.225 e. The van der Waals surface area contributed by atoms with Crippen molar-refractivity contribution < 1.29 is 4.79 Å². The zero-order chi connectivity index (χ0) is 11.3. The van der Waals surface area contributed by atoms with Gasteiger partial charge in [0.25, 0.3) is 0 Å². The van der Waals surface area contributed by atoms with Gasteiger partial charge in [-0.3, -0.25) is 4.79 Å². The van der Waals surface area contributed by atoms with Crippen LogP contribution in [0, 0.1) is 5.92 Å². The van der Waals surface area contributed by atoms with Crippen molar-refractivity contribution in [1.82, 2.24) is 10.2 Å². The first-order chi connectivity index (χ1) is 7.15. The Hall–Kier alpha value is -0.570. The number of carbonyl (C=O) groups excluding carboxylic acids is 1. The number of nitrogens with zero attached hydrogens (tertiary/aromatic N) is 1. The number of rotatable bonds is 4. The van der Waals surface area contributed by atoms with Crippen LogP contribution in [-0.2, 0) is 4.79 Å². The highest BCUT2D eigenvalue weighted by Gasteiger charge is 2.20. The van der Waals surface area contributed by atoms with E-state index in [0.29, 0.717) is 6.04 Å². The summed E-state index contributed by atoms with van der Waals surface area (Å²) in [6, 6.07) is 0.511. The fraction of sp³-hybridized carbons (Fsp3) is 0.917. The van der Waals surface area contributed by atoms with Gasteiger partial charge in [0.2, 0.25) is 5.91 Å². The molecular formula is C12H24N2O. The summed E-state index contributed by atoms with van der Waals surface area (Å²) in [5, 5.41) is 3.47. The molecule has 1 heterocycles. The monoisotopic (exact) mass is 212 g/mol. The molecule has 88 valence electrons. The van der Waals surface area contributed by atoms with Gasteiger partial charge in [0, 0.05) is 25.6 Å². The molecule has 3 nitrogen and oxygen atoms in total. The van der Waals surface area contributed by atoms with Crippen molar-refractivity contribution in [2.24, 2.45) is 5.92 Å². The Morgan fingerprint density at radius 3 is 2.80 bits per heavy atom. The number of piperidine rings is 1. The van der Waals surface area contributed by atoms with Crippen LogP contribution >= 0.6 is 0 Å². The van der Waals surface area contributed by atoms with E-state index >= 15 is 0 Å². The molecule has 0 aliphatic carbocycles. The van der Waals surface area contributed by atoms with Gasteiger partial charge >= 0.3 is 0 Å². The van der Waals surface area contributed by atoms with E-state index in [1.54, 1.807) is 0 Å². The van der Waals surface area contributed by atoms with Crippen LogP contribution in [-0.4, -0.2) is 37.0 Å². The van der Waals surface area contributed by atoms with Crippen LogP contribution in [0.25, 0.3) is 0 Å². The summed E-state index contributed by atoms with van der Waals surface area (Å²) in [4.78, 5) is 13.7. The molecule has 0 bridgehead atoms. The van der Waals surface area contributed by atoms with Crippen molar-refractivity contribution in [2.75, 3.05) is 20.1 Å². The quantitative estimate of drug-likeness (QED) is 0.768. The molecule has 1 aliphatic rings. The SMILES string of the molecule is CCC(C)C(=O)N(C)CC1CCCCN1. The van der Waals surface area contributed by atoms with Crippen LogP contribution < -0.4 is 5.32 Å². The highest BCUT2D eigenvalue weighted by atomic mass is 16.2. The molecule has 2 unspecified atom stereocenters. The van der Waals surface area contributed by atoms with Gasteiger partial charge in [-0.05, 0) is 25.8 Å². The summed E-state index contributed by atoms with van der Waals surface area (Å²) in [5.74, 6) is 0.448. The summed E-state index contributed by atoms with van der Waals surface area (Å²) < 4.78 is 0. The van der Waals surface area contributed by atoms with Gasteiger partial charge < -0.3 is 10.2 Å². The summed E-state index contributed by atoms with van der Waals surface area (Å²) in [6.45, 7) is 6.04. The van der Waals surface area contributed by atoms with Crippen molar-refractivity contribution >= 4 is 5.91 Å². The highest BCUT2D eigenvalue weighted by molar-refractivity contribution is 5.78. The van der Waals surface area contributed by atoms with E-state index in [9.17, 15) is 4.79 Å². The van der Waals surface area contributed by atoms with Gasteiger partial charge in [0.05, 0.1) is 0 Å². The Morgan fingerprint density at radius 1 is 1.53 bits per heavy atom. The van der Waals surface area contributed by atoms with E-state index in [2.05, 4.69) is 12.2 Å². The highest BCUT2D eigenvalue weighted by Crippen LogP contribution is 2.10. The minimum atomic E-state index is 0.165. The van der Waals surface area contributed by atoms with Crippen LogP contribution in [0.5, 0.6) is 0 Å². The molecule has 0 spiro atoms. The lowest BCUT2D eigenvalue weighted by atomic mass is 10.0. The van der Waals surface area contributed by atoms with Crippen LogP contribution in [0.2, 0.25) is 0 Å². The zero-order valence-corrected chi connectivity index (χ0v) is 10.3. The third-order valence-electron chi connectivity index (χ3n) is 3.32. The fourth-order valence-corrected chi connectivity index (χ4v) is 2.05. The van der Waals surface area contributed by atoms with Crippen LogP contribution in [0.3, 0.4) is 0 Å². The van der Waals surface area contributed by atoms with Crippen molar-refractivity contribution in [1.29, 1.82) is 0 Å². The molecule has 1 N–H and O–H groups in total. The molecule has 1 rings (SSSR count). The number of carbonyl (C=O) groups is 1. The van der Waals surface area contributed by atoms with Crippen molar-refractivity contribution in [2.45, 2.75) is 45.6 Å². The molecule has 0 saturated carbocycles. The fourth-order valence-electron chi connectivity index (χ4n) is 2.05. The number of nitrogens with one attached hydrogen (secondary N) is 1. The Bertz CT molecular complexity index is 200. The molecule has 0 aromatic carbocycles. The largest absolute Gasteiger partial charge is 0.344 e. The van der Waals surface area contributed by atoms with E-state index in [-0.39, 0.29) is 11.8 Å². The average Bonchev–Trinajstić information content (AvgIpc) is 2.28. The van der Waals surface area contributed by atoms with E-state index in [0.717, 1.165) is 19.5 Å². The maximum absolute atomic E-state index is 11.8. The minimum Gasteiger partial charge on any atom is -0.344 e. The van der Waals surface area contributed by atoms with Gasteiger partial charge in [-0.1, -0.05) is 20.3 Å². The topological polar surface area (TPSA) is 32.3 Å². The van der Waals surface area contributed by atoms with Crippen molar-refractivity contribution in [3.8, 4) is 0 Å². The number of amides is 1. The predicted octanol–water partition coefficient (Wildman–Crippen LogP) is 1.63. The second-order valence-electron chi connectivity index (χ2n) is 4.67. The van der Waals surface area contributed by atoms with Gasteiger partial charge in [0.15, 0.2) is 0 Å². The molecule has 0 aromatic rings. The van der Waals surface area contributed by atoms with Gasteiger partial charge in [-0.15, -0.1) is 0 Å². The lowest BCUT2D eigenvalue weighted by Crippen LogP contribution is -2.45. The molecule has 1 fully saturated rings. The normalized spacial score (nSPS) is 23.5.